The van der Waals surface area contributed by atoms with Crippen LogP contribution >= 0.6 is 23.4 Å². The van der Waals surface area contributed by atoms with E-state index in [0.29, 0.717) is 45.1 Å². The molecule has 0 aliphatic heterocycles. The van der Waals surface area contributed by atoms with Gasteiger partial charge in [-0.05, 0) is 29.8 Å². The molecule has 8 heteroatoms. The van der Waals surface area contributed by atoms with Crippen LogP contribution in [0.4, 0.5) is 0 Å². The minimum Gasteiger partial charge on any atom is -0.338 e. The highest BCUT2D eigenvalue weighted by Crippen LogP contribution is 2.24. The zero-order valence-electron chi connectivity index (χ0n) is 16.8. The van der Waals surface area contributed by atoms with Crippen molar-refractivity contribution in [1.82, 2.24) is 19.7 Å². The summed E-state index contributed by atoms with van der Waals surface area (Å²) in [7, 11) is 0. The molecule has 5 aromatic rings. The van der Waals surface area contributed by atoms with Crippen LogP contribution in [0.25, 0.3) is 22.3 Å². The van der Waals surface area contributed by atoms with E-state index in [2.05, 4.69) is 10.1 Å². The molecule has 0 spiro atoms. The highest BCUT2D eigenvalue weighted by Gasteiger charge is 2.15. The smallest absolute Gasteiger partial charge is 0.262 e. The minimum absolute atomic E-state index is 0.0939. The lowest BCUT2D eigenvalue weighted by Gasteiger charge is -2.12. The van der Waals surface area contributed by atoms with Crippen molar-refractivity contribution in [3.05, 3.63) is 106 Å². The number of halogens is 1. The van der Waals surface area contributed by atoms with Crippen molar-refractivity contribution in [2.24, 2.45) is 0 Å². The van der Waals surface area contributed by atoms with Gasteiger partial charge in [0.2, 0.25) is 11.7 Å². The number of para-hydroxylation sites is 1. The number of nitrogens with zero attached hydrogens (tertiary/aromatic N) is 4. The van der Waals surface area contributed by atoms with Gasteiger partial charge in [-0.3, -0.25) is 9.36 Å². The number of rotatable bonds is 6. The molecular weight excluding hydrogens is 444 g/mol. The van der Waals surface area contributed by atoms with Gasteiger partial charge in [-0.15, -0.1) is 0 Å². The summed E-state index contributed by atoms with van der Waals surface area (Å²) in [6, 6.07) is 24.4. The van der Waals surface area contributed by atoms with Crippen molar-refractivity contribution in [3.63, 3.8) is 0 Å². The molecule has 0 fully saturated rings. The predicted octanol–water partition coefficient (Wildman–Crippen LogP) is 5.44. The van der Waals surface area contributed by atoms with Gasteiger partial charge in [0.15, 0.2) is 5.16 Å². The molecule has 0 N–H and O–H groups in total. The second-order valence-corrected chi connectivity index (χ2v) is 8.47. The Morgan fingerprint density at radius 1 is 0.906 bits per heavy atom. The van der Waals surface area contributed by atoms with Crippen LogP contribution < -0.4 is 5.56 Å². The summed E-state index contributed by atoms with van der Waals surface area (Å²) in [6.07, 6.45) is 0. The van der Waals surface area contributed by atoms with Crippen LogP contribution in [0.2, 0.25) is 5.02 Å². The lowest BCUT2D eigenvalue weighted by Crippen LogP contribution is -2.24. The van der Waals surface area contributed by atoms with Crippen LogP contribution in [-0.2, 0) is 12.3 Å². The van der Waals surface area contributed by atoms with Crippen molar-refractivity contribution < 1.29 is 4.52 Å². The summed E-state index contributed by atoms with van der Waals surface area (Å²) in [5.74, 6) is 1.39. The molecule has 0 aliphatic rings. The molecule has 0 amide bonds. The highest BCUT2D eigenvalue weighted by molar-refractivity contribution is 7.98. The van der Waals surface area contributed by atoms with Gasteiger partial charge in [-0.25, -0.2) is 4.98 Å². The van der Waals surface area contributed by atoms with Crippen LogP contribution in [0, 0.1) is 0 Å². The molecule has 2 heterocycles. The number of aromatic nitrogens is 4. The quantitative estimate of drug-likeness (QED) is 0.248. The number of benzene rings is 3. The Morgan fingerprint density at radius 3 is 2.47 bits per heavy atom. The molecule has 0 bridgehead atoms. The predicted molar refractivity (Wildman–Crippen MR) is 126 cm³/mol. The molecule has 32 heavy (non-hydrogen) atoms. The molecular formula is C24H17ClN4O2S. The first kappa shape index (κ1) is 20.5. The van der Waals surface area contributed by atoms with Gasteiger partial charge in [0.1, 0.15) is 0 Å². The topological polar surface area (TPSA) is 73.8 Å². The first-order valence-electron chi connectivity index (χ1n) is 9.92. The fraction of sp³-hybridized carbons (Fsp3) is 0.0833. The second kappa shape index (κ2) is 8.98. The molecule has 0 aliphatic carbocycles. The summed E-state index contributed by atoms with van der Waals surface area (Å²) in [6.45, 7) is 0.384. The zero-order valence-corrected chi connectivity index (χ0v) is 18.4. The third kappa shape index (κ3) is 4.30. The largest absolute Gasteiger partial charge is 0.338 e. The first-order chi connectivity index (χ1) is 15.7. The fourth-order valence-corrected chi connectivity index (χ4v) is 4.28. The maximum atomic E-state index is 13.3. The van der Waals surface area contributed by atoms with Crippen molar-refractivity contribution in [3.8, 4) is 11.4 Å². The summed E-state index contributed by atoms with van der Waals surface area (Å²) >= 11 is 7.40. The molecule has 0 saturated carbocycles. The Hall–Kier alpha value is -3.42. The second-order valence-electron chi connectivity index (χ2n) is 7.10. The average molecular weight is 461 g/mol. The molecule has 0 atom stereocenters. The standard InChI is InChI=1S/C24H17ClN4O2S/c25-18-12-10-16(11-13-18)14-29-23(30)19-8-4-5-9-20(19)26-24(29)32-15-21-27-22(28-31-21)17-6-2-1-3-7-17/h1-13H,14-15H2. The summed E-state index contributed by atoms with van der Waals surface area (Å²) < 4.78 is 7.09. The number of fused-ring (bicyclic) bond motifs is 1. The molecule has 0 saturated heterocycles. The van der Waals surface area contributed by atoms with Crippen LogP contribution in [0.5, 0.6) is 0 Å². The molecule has 0 radical (unpaired) electrons. The monoisotopic (exact) mass is 460 g/mol. The van der Waals surface area contributed by atoms with E-state index in [1.165, 1.54) is 11.8 Å². The van der Waals surface area contributed by atoms with E-state index in [0.717, 1.165) is 11.1 Å². The average Bonchev–Trinajstić information content (AvgIpc) is 3.31. The van der Waals surface area contributed by atoms with E-state index in [1.807, 2.05) is 72.8 Å². The van der Waals surface area contributed by atoms with Gasteiger partial charge >= 0.3 is 0 Å². The van der Waals surface area contributed by atoms with Crippen LogP contribution in [0.3, 0.4) is 0 Å². The van der Waals surface area contributed by atoms with E-state index in [1.54, 1.807) is 10.6 Å². The lowest BCUT2D eigenvalue weighted by atomic mass is 10.2. The third-order valence-electron chi connectivity index (χ3n) is 4.91. The van der Waals surface area contributed by atoms with Crippen molar-refractivity contribution >= 4 is 34.3 Å². The summed E-state index contributed by atoms with van der Waals surface area (Å²) in [4.78, 5) is 22.5. The SMILES string of the molecule is O=c1c2ccccc2nc(SCc2nc(-c3ccccc3)no2)n1Cc1ccc(Cl)cc1. The zero-order chi connectivity index (χ0) is 21.9. The van der Waals surface area contributed by atoms with E-state index in [-0.39, 0.29) is 5.56 Å². The maximum absolute atomic E-state index is 13.3. The van der Waals surface area contributed by atoms with Gasteiger partial charge in [0.25, 0.3) is 5.56 Å². The number of hydrogen-bond acceptors (Lipinski definition) is 6. The fourth-order valence-electron chi connectivity index (χ4n) is 3.31. The molecule has 0 unspecified atom stereocenters. The summed E-state index contributed by atoms with van der Waals surface area (Å²) in [5.41, 5.74) is 2.40. The van der Waals surface area contributed by atoms with E-state index < -0.39 is 0 Å². The van der Waals surface area contributed by atoms with E-state index in [4.69, 9.17) is 21.1 Å². The highest BCUT2D eigenvalue weighted by atomic mass is 35.5. The Labute approximate surface area is 192 Å². The summed E-state index contributed by atoms with van der Waals surface area (Å²) in [5, 5.41) is 5.88. The Balaban J connectivity index is 1.46. The maximum Gasteiger partial charge on any atom is 0.262 e. The first-order valence-corrected chi connectivity index (χ1v) is 11.3. The molecule has 6 nitrogen and oxygen atoms in total. The van der Waals surface area contributed by atoms with E-state index in [9.17, 15) is 4.79 Å². The van der Waals surface area contributed by atoms with Gasteiger partial charge in [0, 0.05) is 10.6 Å². The number of thioether (sulfide) groups is 1. The molecule has 3 aromatic carbocycles. The normalized spacial score (nSPS) is 11.2. The van der Waals surface area contributed by atoms with Gasteiger partial charge in [-0.1, -0.05) is 83.1 Å². The van der Waals surface area contributed by atoms with Gasteiger partial charge in [-0.2, -0.15) is 4.98 Å². The van der Waals surface area contributed by atoms with Crippen molar-refractivity contribution in [1.29, 1.82) is 0 Å². The van der Waals surface area contributed by atoms with E-state index >= 15 is 0 Å². The van der Waals surface area contributed by atoms with Gasteiger partial charge < -0.3 is 4.52 Å². The Morgan fingerprint density at radius 2 is 1.66 bits per heavy atom. The van der Waals surface area contributed by atoms with Crippen LogP contribution in [0.1, 0.15) is 11.5 Å². The molecule has 2 aromatic heterocycles. The van der Waals surface area contributed by atoms with Gasteiger partial charge in [0.05, 0.1) is 23.2 Å². The van der Waals surface area contributed by atoms with Crippen molar-refractivity contribution in [2.45, 2.75) is 17.5 Å². The third-order valence-corrected chi connectivity index (χ3v) is 6.12. The Kier molecular flexibility index (Phi) is 5.75. The van der Waals surface area contributed by atoms with Crippen LogP contribution in [0.15, 0.2) is 93.3 Å². The lowest BCUT2D eigenvalue weighted by molar-refractivity contribution is 0.391. The van der Waals surface area contributed by atoms with Crippen molar-refractivity contribution in [2.75, 3.05) is 0 Å². The molecule has 5 rings (SSSR count). The Bertz CT molecular complexity index is 1430. The minimum atomic E-state index is -0.0939. The number of hydrogen-bond donors (Lipinski definition) is 0. The van der Waals surface area contributed by atoms with Crippen LogP contribution in [-0.4, -0.2) is 19.7 Å². The molecule has 158 valence electrons.